The Hall–Kier alpha value is -1.18. The molecule has 0 aromatic heterocycles. The molecule has 2 aliphatic rings. The molecule has 1 saturated carbocycles. The average Bonchev–Trinajstić information content (AvgIpc) is 3.00. The molecule has 1 aliphatic heterocycles. The third-order valence-corrected chi connectivity index (χ3v) is 5.86. The molecule has 0 spiro atoms. The smallest absolute Gasteiger partial charge is 0.305 e. The number of esters is 2. The number of methoxy groups -OCH3 is 1. The molecule has 1 N–H and O–H groups in total. The summed E-state index contributed by atoms with van der Waals surface area (Å²) in [6.07, 6.45) is 8.09. The van der Waals surface area contributed by atoms with Gasteiger partial charge in [-0.15, -0.1) is 0 Å². The van der Waals surface area contributed by atoms with Crippen LogP contribution in [0, 0.1) is 11.8 Å². The molecule has 5 unspecified atom stereocenters. The van der Waals surface area contributed by atoms with Crippen molar-refractivity contribution in [3.63, 3.8) is 0 Å². The standard InChI is InChI=1S/C21H36O7/c1-15(23)27-18-13-19(28-21-11-7-8-12-26-21)17(14-22)16(18)9-5-3-4-6-10-20(24)25-2/h16-19,21-22H,3-14H2,1-2H3. The summed E-state index contributed by atoms with van der Waals surface area (Å²) in [5.74, 6) is -0.427. The van der Waals surface area contributed by atoms with Gasteiger partial charge >= 0.3 is 11.9 Å². The van der Waals surface area contributed by atoms with Crippen LogP contribution in [0.2, 0.25) is 0 Å². The van der Waals surface area contributed by atoms with E-state index >= 15 is 0 Å². The second-order valence-electron chi connectivity index (χ2n) is 7.89. The summed E-state index contributed by atoms with van der Waals surface area (Å²) in [7, 11) is 1.41. The second kappa shape index (κ2) is 12.4. The maximum absolute atomic E-state index is 11.6. The minimum absolute atomic E-state index is 0.0160. The number of aliphatic hydroxyl groups excluding tert-OH is 1. The van der Waals surface area contributed by atoms with Crippen molar-refractivity contribution in [3.8, 4) is 0 Å². The summed E-state index contributed by atoms with van der Waals surface area (Å²) >= 11 is 0. The number of hydrogen-bond acceptors (Lipinski definition) is 7. The first-order valence-electron chi connectivity index (χ1n) is 10.7. The lowest BCUT2D eigenvalue weighted by atomic mass is 9.89. The van der Waals surface area contributed by atoms with E-state index < -0.39 is 0 Å². The molecular weight excluding hydrogens is 364 g/mol. The van der Waals surface area contributed by atoms with Crippen LogP contribution in [0.5, 0.6) is 0 Å². The lowest BCUT2D eigenvalue weighted by Crippen LogP contribution is -2.33. The third-order valence-electron chi connectivity index (χ3n) is 5.86. The minimum Gasteiger partial charge on any atom is -0.469 e. The van der Waals surface area contributed by atoms with Gasteiger partial charge in [0, 0.05) is 44.8 Å². The molecule has 7 nitrogen and oxygen atoms in total. The van der Waals surface area contributed by atoms with Gasteiger partial charge in [0.25, 0.3) is 0 Å². The van der Waals surface area contributed by atoms with Crippen LogP contribution >= 0.6 is 0 Å². The van der Waals surface area contributed by atoms with Crippen LogP contribution in [0.15, 0.2) is 0 Å². The van der Waals surface area contributed by atoms with E-state index in [1.54, 1.807) is 0 Å². The van der Waals surface area contributed by atoms with E-state index in [2.05, 4.69) is 4.74 Å². The van der Waals surface area contributed by atoms with Gasteiger partial charge in [0.2, 0.25) is 0 Å². The largest absolute Gasteiger partial charge is 0.469 e. The fraction of sp³-hybridized carbons (Fsp3) is 0.905. The topological polar surface area (TPSA) is 91.3 Å². The summed E-state index contributed by atoms with van der Waals surface area (Å²) in [4.78, 5) is 22.7. The number of unbranched alkanes of at least 4 members (excludes halogenated alkanes) is 3. The van der Waals surface area contributed by atoms with Gasteiger partial charge < -0.3 is 24.1 Å². The maximum atomic E-state index is 11.6. The van der Waals surface area contributed by atoms with E-state index in [9.17, 15) is 14.7 Å². The quantitative estimate of drug-likeness (QED) is 0.421. The zero-order chi connectivity index (χ0) is 20.4. The first-order valence-corrected chi connectivity index (χ1v) is 10.7. The Balaban J connectivity index is 1.84. The highest BCUT2D eigenvalue weighted by Crippen LogP contribution is 2.40. The van der Waals surface area contributed by atoms with Crippen molar-refractivity contribution in [1.29, 1.82) is 0 Å². The lowest BCUT2D eigenvalue weighted by molar-refractivity contribution is -0.198. The van der Waals surface area contributed by atoms with Gasteiger partial charge in [0.05, 0.1) is 13.2 Å². The normalized spacial score (nSPS) is 30.2. The van der Waals surface area contributed by atoms with E-state index in [1.165, 1.54) is 14.0 Å². The Bertz CT molecular complexity index is 475. The van der Waals surface area contributed by atoms with Gasteiger partial charge in [-0.25, -0.2) is 0 Å². The molecule has 0 aromatic rings. The monoisotopic (exact) mass is 400 g/mol. The van der Waals surface area contributed by atoms with Crippen LogP contribution in [0.1, 0.15) is 71.1 Å². The molecule has 1 aliphatic carbocycles. The summed E-state index contributed by atoms with van der Waals surface area (Å²) in [6.45, 7) is 2.15. The second-order valence-corrected chi connectivity index (χ2v) is 7.89. The molecule has 5 atom stereocenters. The highest BCUT2D eigenvalue weighted by atomic mass is 16.7. The predicted octanol–water partition coefficient (Wildman–Crippen LogP) is 2.97. The van der Waals surface area contributed by atoms with Gasteiger partial charge in [0.15, 0.2) is 6.29 Å². The van der Waals surface area contributed by atoms with Crippen molar-refractivity contribution >= 4 is 11.9 Å². The first kappa shape index (κ1) is 23.1. The highest BCUT2D eigenvalue weighted by molar-refractivity contribution is 5.69. The molecule has 1 heterocycles. The Morgan fingerprint density at radius 1 is 1.07 bits per heavy atom. The van der Waals surface area contributed by atoms with Gasteiger partial charge in [-0.3, -0.25) is 9.59 Å². The molecule has 0 bridgehead atoms. The van der Waals surface area contributed by atoms with Gasteiger partial charge in [-0.1, -0.05) is 19.3 Å². The number of carbonyl (C=O) groups excluding carboxylic acids is 2. The average molecular weight is 401 g/mol. The molecule has 0 aromatic carbocycles. The van der Waals surface area contributed by atoms with E-state index in [4.69, 9.17) is 14.2 Å². The fourth-order valence-corrected chi connectivity index (χ4v) is 4.41. The number of hydrogen-bond donors (Lipinski definition) is 1. The first-order chi connectivity index (χ1) is 13.5. The summed E-state index contributed by atoms with van der Waals surface area (Å²) in [5, 5.41) is 10.0. The zero-order valence-electron chi connectivity index (χ0n) is 17.3. The maximum Gasteiger partial charge on any atom is 0.305 e. The lowest BCUT2D eigenvalue weighted by Gasteiger charge is -2.29. The number of rotatable bonds is 11. The summed E-state index contributed by atoms with van der Waals surface area (Å²) in [5.41, 5.74) is 0. The Labute approximate surface area is 168 Å². The van der Waals surface area contributed by atoms with Crippen molar-refractivity contribution in [2.75, 3.05) is 20.3 Å². The molecular formula is C21H36O7. The Morgan fingerprint density at radius 2 is 1.86 bits per heavy atom. The molecule has 162 valence electrons. The fourth-order valence-electron chi connectivity index (χ4n) is 4.41. The molecule has 1 saturated heterocycles. The van der Waals surface area contributed by atoms with Crippen LogP contribution in [-0.4, -0.2) is 55.9 Å². The minimum atomic E-state index is -0.292. The van der Waals surface area contributed by atoms with Crippen molar-refractivity contribution in [3.05, 3.63) is 0 Å². The predicted molar refractivity (Wildman–Crippen MR) is 102 cm³/mol. The number of ether oxygens (including phenoxy) is 4. The third kappa shape index (κ3) is 7.33. The molecule has 2 fully saturated rings. The SMILES string of the molecule is COC(=O)CCCCCCC1C(OC(C)=O)CC(OC2CCCCO2)C1CO. The van der Waals surface area contributed by atoms with Crippen LogP contribution in [0.4, 0.5) is 0 Å². The van der Waals surface area contributed by atoms with Crippen LogP contribution in [0.25, 0.3) is 0 Å². The summed E-state index contributed by atoms with van der Waals surface area (Å²) < 4.78 is 22.1. The van der Waals surface area contributed by atoms with Crippen molar-refractivity contribution in [1.82, 2.24) is 0 Å². The molecule has 28 heavy (non-hydrogen) atoms. The Kier molecular flexibility index (Phi) is 10.2. The van der Waals surface area contributed by atoms with Crippen LogP contribution < -0.4 is 0 Å². The van der Waals surface area contributed by atoms with Crippen molar-refractivity contribution in [2.45, 2.75) is 89.6 Å². The highest BCUT2D eigenvalue weighted by Gasteiger charge is 2.45. The van der Waals surface area contributed by atoms with E-state index in [0.29, 0.717) is 19.4 Å². The van der Waals surface area contributed by atoms with E-state index in [1.807, 2.05) is 0 Å². The van der Waals surface area contributed by atoms with Gasteiger partial charge in [0.1, 0.15) is 6.10 Å². The zero-order valence-corrected chi connectivity index (χ0v) is 17.3. The number of aliphatic hydroxyl groups is 1. The molecule has 0 amide bonds. The summed E-state index contributed by atoms with van der Waals surface area (Å²) in [6, 6.07) is 0. The molecule has 7 heteroatoms. The number of carbonyl (C=O) groups is 2. The van der Waals surface area contributed by atoms with E-state index in [-0.39, 0.29) is 48.9 Å². The van der Waals surface area contributed by atoms with Crippen LogP contribution in [-0.2, 0) is 28.5 Å². The van der Waals surface area contributed by atoms with E-state index in [0.717, 1.165) is 51.4 Å². The van der Waals surface area contributed by atoms with Gasteiger partial charge in [-0.05, 0) is 32.1 Å². The molecule has 2 rings (SSSR count). The van der Waals surface area contributed by atoms with Crippen molar-refractivity contribution in [2.24, 2.45) is 11.8 Å². The van der Waals surface area contributed by atoms with Crippen molar-refractivity contribution < 1.29 is 33.6 Å². The Morgan fingerprint density at radius 3 is 2.50 bits per heavy atom. The van der Waals surface area contributed by atoms with Crippen LogP contribution in [0.3, 0.4) is 0 Å². The molecule has 0 radical (unpaired) electrons. The van der Waals surface area contributed by atoms with Gasteiger partial charge in [-0.2, -0.15) is 0 Å².